The molecule has 3 rings (SSSR count). The summed E-state index contributed by atoms with van der Waals surface area (Å²) in [6, 6.07) is 21.1. The number of halogens is 1. The number of nitrogens with one attached hydrogen (secondary N) is 1. The van der Waals surface area contributed by atoms with E-state index in [1.54, 1.807) is 80.6 Å². The lowest BCUT2D eigenvalue weighted by molar-refractivity contribution is -0.140. The average molecular weight is 556 g/mol. The van der Waals surface area contributed by atoms with Crippen molar-refractivity contribution in [2.45, 2.75) is 57.6 Å². The van der Waals surface area contributed by atoms with Crippen molar-refractivity contribution in [3.63, 3.8) is 0 Å². The Labute approximate surface area is 230 Å². The molecule has 3 aromatic carbocycles. The summed E-state index contributed by atoms with van der Waals surface area (Å²) in [4.78, 5) is 28.5. The van der Waals surface area contributed by atoms with Crippen LogP contribution in [0.1, 0.15) is 38.8 Å². The van der Waals surface area contributed by atoms with Crippen LogP contribution in [0.3, 0.4) is 0 Å². The van der Waals surface area contributed by atoms with Crippen LogP contribution in [0.2, 0.25) is 5.02 Å². The molecule has 1 N–H and O–H groups in total. The second kappa shape index (κ2) is 12.0. The highest BCUT2D eigenvalue weighted by Crippen LogP contribution is 2.27. The van der Waals surface area contributed by atoms with Gasteiger partial charge in [-0.1, -0.05) is 60.1 Å². The number of para-hydroxylation sites is 1. The van der Waals surface area contributed by atoms with Crippen LogP contribution >= 0.6 is 11.6 Å². The molecular formula is C29H34ClN3O4S. The van der Waals surface area contributed by atoms with Crippen LogP contribution in [-0.4, -0.2) is 43.3 Å². The van der Waals surface area contributed by atoms with Crippen molar-refractivity contribution in [2.75, 3.05) is 10.8 Å². The smallest absolute Gasteiger partial charge is 0.264 e. The van der Waals surface area contributed by atoms with E-state index in [4.69, 9.17) is 11.6 Å². The first-order chi connectivity index (χ1) is 17.8. The Morgan fingerprint density at radius 3 is 2.18 bits per heavy atom. The predicted octanol–water partition coefficient (Wildman–Crippen LogP) is 5.18. The van der Waals surface area contributed by atoms with Crippen molar-refractivity contribution in [1.82, 2.24) is 10.2 Å². The van der Waals surface area contributed by atoms with E-state index in [2.05, 4.69) is 5.32 Å². The van der Waals surface area contributed by atoms with Crippen molar-refractivity contribution < 1.29 is 18.0 Å². The van der Waals surface area contributed by atoms with Crippen LogP contribution in [0.4, 0.5) is 5.69 Å². The van der Waals surface area contributed by atoms with Crippen LogP contribution in [0.5, 0.6) is 0 Å². The maximum absolute atomic E-state index is 13.9. The van der Waals surface area contributed by atoms with Gasteiger partial charge < -0.3 is 10.2 Å². The Balaban J connectivity index is 2.04. The van der Waals surface area contributed by atoms with Gasteiger partial charge in [0.2, 0.25) is 11.8 Å². The molecule has 1 atom stereocenters. The number of anilines is 1. The summed E-state index contributed by atoms with van der Waals surface area (Å²) < 4.78 is 28.7. The molecule has 0 fully saturated rings. The van der Waals surface area contributed by atoms with E-state index in [0.29, 0.717) is 16.3 Å². The van der Waals surface area contributed by atoms with Crippen LogP contribution < -0.4 is 9.62 Å². The predicted molar refractivity (Wildman–Crippen MR) is 152 cm³/mol. The van der Waals surface area contributed by atoms with Gasteiger partial charge in [-0.15, -0.1) is 0 Å². The van der Waals surface area contributed by atoms with Crippen molar-refractivity contribution in [2.24, 2.45) is 0 Å². The molecule has 9 heteroatoms. The maximum atomic E-state index is 13.9. The fraction of sp³-hybridized carbons (Fsp3) is 0.310. The van der Waals surface area contributed by atoms with Gasteiger partial charge in [0.15, 0.2) is 0 Å². The summed E-state index contributed by atoms with van der Waals surface area (Å²) in [5.41, 5.74) is 1.29. The van der Waals surface area contributed by atoms with Crippen LogP contribution in [-0.2, 0) is 26.2 Å². The standard InChI is InChI=1S/C29H34ClN3O4S/c1-21-12-9-10-17-26(21)33(38(36,37)25-15-7-6-8-16-25)20-27(34)32(19-23-13-11-14-24(30)18-23)22(2)28(35)31-29(3,4)5/h6-18,22H,19-20H2,1-5H3,(H,31,35). The van der Waals surface area contributed by atoms with Gasteiger partial charge in [0.05, 0.1) is 10.6 Å². The lowest BCUT2D eigenvalue weighted by Gasteiger charge is -2.33. The van der Waals surface area contributed by atoms with Gasteiger partial charge in [-0.2, -0.15) is 0 Å². The van der Waals surface area contributed by atoms with Crippen molar-refractivity contribution in [1.29, 1.82) is 0 Å². The third-order valence-corrected chi connectivity index (χ3v) is 7.91. The normalized spacial score (nSPS) is 12.5. The van der Waals surface area contributed by atoms with Crippen molar-refractivity contribution in [3.8, 4) is 0 Å². The largest absolute Gasteiger partial charge is 0.350 e. The highest BCUT2D eigenvalue weighted by molar-refractivity contribution is 7.92. The molecule has 0 bridgehead atoms. The van der Waals surface area contributed by atoms with Gasteiger partial charge in [0, 0.05) is 17.1 Å². The molecule has 1 unspecified atom stereocenters. The topological polar surface area (TPSA) is 86.8 Å². The zero-order chi connectivity index (χ0) is 28.1. The molecule has 0 aromatic heterocycles. The van der Waals surface area contributed by atoms with Crippen LogP contribution in [0, 0.1) is 6.92 Å². The quantitative estimate of drug-likeness (QED) is 0.394. The lowest BCUT2D eigenvalue weighted by atomic mass is 10.1. The Kier molecular flexibility index (Phi) is 9.22. The van der Waals surface area contributed by atoms with E-state index < -0.39 is 34.1 Å². The lowest BCUT2D eigenvalue weighted by Crippen LogP contribution is -2.54. The van der Waals surface area contributed by atoms with E-state index in [1.807, 2.05) is 20.8 Å². The molecule has 7 nitrogen and oxygen atoms in total. The monoisotopic (exact) mass is 555 g/mol. The SMILES string of the molecule is Cc1ccccc1N(CC(=O)N(Cc1cccc(Cl)c1)C(C)C(=O)NC(C)(C)C)S(=O)(=O)c1ccccc1. The molecule has 38 heavy (non-hydrogen) atoms. The summed E-state index contributed by atoms with van der Waals surface area (Å²) in [5.74, 6) is -0.870. The molecule has 0 aliphatic carbocycles. The summed E-state index contributed by atoms with van der Waals surface area (Å²) in [7, 11) is -4.10. The zero-order valence-electron chi connectivity index (χ0n) is 22.3. The highest BCUT2D eigenvalue weighted by atomic mass is 35.5. The second-order valence-corrected chi connectivity index (χ2v) is 12.5. The minimum Gasteiger partial charge on any atom is -0.350 e. The van der Waals surface area contributed by atoms with Gasteiger partial charge in [-0.25, -0.2) is 8.42 Å². The molecule has 0 radical (unpaired) electrons. The molecule has 2 amide bonds. The third kappa shape index (κ3) is 7.36. The summed E-state index contributed by atoms with van der Waals surface area (Å²) >= 11 is 6.18. The Bertz CT molecular complexity index is 1390. The molecule has 0 heterocycles. The fourth-order valence-corrected chi connectivity index (χ4v) is 5.68. The van der Waals surface area contributed by atoms with Gasteiger partial charge in [-0.05, 0) is 76.1 Å². The molecular weight excluding hydrogens is 522 g/mol. The van der Waals surface area contributed by atoms with E-state index in [-0.39, 0.29) is 17.3 Å². The Morgan fingerprint density at radius 1 is 0.947 bits per heavy atom. The number of hydrogen-bond acceptors (Lipinski definition) is 4. The molecule has 0 saturated carbocycles. The molecule has 3 aromatic rings. The average Bonchev–Trinajstić information content (AvgIpc) is 2.85. The first-order valence-electron chi connectivity index (χ1n) is 12.3. The number of carbonyl (C=O) groups excluding carboxylic acids is 2. The summed E-state index contributed by atoms with van der Waals surface area (Å²) in [5, 5.41) is 3.41. The van der Waals surface area contributed by atoms with E-state index >= 15 is 0 Å². The third-order valence-electron chi connectivity index (χ3n) is 5.90. The van der Waals surface area contributed by atoms with Crippen molar-refractivity contribution in [3.05, 3.63) is 95.0 Å². The number of nitrogens with zero attached hydrogens (tertiary/aromatic N) is 2. The second-order valence-electron chi connectivity index (χ2n) is 10.2. The molecule has 0 aliphatic heterocycles. The summed E-state index contributed by atoms with van der Waals surface area (Å²) in [6.07, 6.45) is 0. The van der Waals surface area contributed by atoms with E-state index in [1.165, 1.54) is 17.0 Å². The number of aryl methyl sites for hydroxylation is 1. The molecule has 0 spiro atoms. The Morgan fingerprint density at radius 2 is 1.58 bits per heavy atom. The minimum absolute atomic E-state index is 0.0657. The number of carbonyl (C=O) groups is 2. The Hall–Kier alpha value is -3.36. The number of benzene rings is 3. The van der Waals surface area contributed by atoms with E-state index in [9.17, 15) is 18.0 Å². The van der Waals surface area contributed by atoms with Gasteiger partial charge in [-0.3, -0.25) is 13.9 Å². The summed E-state index contributed by atoms with van der Waals surface area (Å²) in [6.45, 7) is 8.57. The van der Waals surface area contributed by atoms with Gasteiger partial charge in [0.1, 0.15) is 12.6 Å². The first kappa shape index (κ1) is 29.2. The molecule has 0 saturated heterocycles. The molecule has 0 aliphatic rings. The van der Waals surface area contributed by atoms with E-state index in [0.717, 1.165) is 9.87 Å². The fourth-order valence-electron chi connectivity index (χ4n) is 3.96. The maximum Gasteiger partial charge on any atom is 0.264 e. The van der Waals surface area contributed by atoms with Crippen LogP contribution in [0.15, 0.2) is 83.8 Å². The van der Waals surface area contributed by atoms with Gasteiger partial charge in [0.25, 0.3) is 10.0 Å². The van der Waals surface area contributed by atoms with Gasteiger partial charge >= 0.3 is 0 Å². The number of rotatable bonds is 9. The highest BCUT2D eigenvalue weighted by Gasteiger charge is 2.33. The number of sulfonamides is 1. The zero-order valence-corrected chi connectivity index (χ0v) is 23.9. The first-order valence-corrected chi connectivity index (χ1v) is 14.1. The van der Waals surface area contributed by atoms with Crippen LogP contribution in [0.25, 0.3) is 0 Å². The number of hydrogen-bond donors (Lipinski definition) is 1. The number of amides is 2. The molecule has 202 valence electrons. The minimum atomic E-state index is -4.10. The van der Waals surface area contributed by atoms with Crippen molar-refractivity contribution >= 4 is 39.1 Å².